The molecule has 2 unspecified atom stereocenters. The average Bonchev–Trinajstić information content (AvgIpc) is 2.62. The van der Waals surface area contributed by atoms with Crippen molar-refractivity contribution in [3.8, 4) is 0 Å². The van der Waals surface area contributed by atoms with Crippen LogP contribution >= 0.6 is 0 Å². The van der Waals surface area contributed by atoms with Gasteiger partial charge < -0.3 is 33.3 Å². The number of carbonyl (C=O) groups is 3. The second-order valence-corrected chi connectivity index (χ2v) is 28.3. The molecular weight excluding hydrogens is 1220 g/mol. The summed E-state index contributed by atoms with van der Waals surface area (Å²) < 4.78 is 22.9. The Labute approximate surface area is 611 Å². The first-order chi connectivity index (χ1) is 48.6. The van der Waals surface area contributed by atoms with Crippen LogP contribution in [0.3, 0.4) is 0 Å². The van der Waals surface area contributed by atoms with E-state index in [4.69, 9.17) is 18.9 Å². The number of likely N-dealkylation sites (N-methyl/N-ethyl adjacent to an activating group) is 1. The van der Waals surface area contributed by atoms with E-state index in [1.54, 1.807) is 0 Å². The van der Waals surface area contributed by atoms with Crippen LogP contribution in [0.25, 0.3) is 0 Å². The van der Waals surface area contributed by atoms with Crippen LogP contribution in [0.5, 0.6) is 0 Å². The summed E-state index contributed by atoms with van der Waals surface area (Å²) in [6.45, 7) is 4.65. The molecule has 9 nitrogen and oxygen atoms in total. The highest BCUT2D eigenvalue weighted by Gasteiger charge is 2.22. The van der Waals surface area contributed by atoms with E-state index in [0.717, 1.165) is 116 Å². The van der Waals surface area contributed by atoms with Crippen molar-refractivity contribution in [2.75, 3.05) is 47.5 Å². The van der Waals surface area contributed by atoms with Crippen LogP contribution in [0.4, 0.5) is 0 Å². The van der Waals surface area contributed by atoms with Crippen LogP contribution in [0.1, 0.15) is 348 Å². The fraction of sp³-hybridized carbons (Fsp3) is 0.700. The lowest BCUT2D eigenvalue weighted by molar-refractivity contribution is -0.870. The third kappa shape index (κ3) is 80.4. The smallest absolute Gasteiger partial charge is 0.306 e. The molecule has 0 saturated carbocycles. The summed E-state index contributed by atoms with van der Waals surface area (Å²) in [4.78, 5) is 37.6. The Morgan fingerprint density at radius 2 is 0.576 bits per heavy atom. The van der Waals surface area contributed by atoms with Crippen molar-refractivity contribution < 1.29 is 42.9 Å². The van der Waals surface area contributed by atoms with Crippen LogP contribution < -0.4 is 5.11 Å². The summed E-state index contributed by atoms with van der Waals surface area (Å²) in [6.07, 6.45) is 113. The average molecular weight is 1380 g/mol. The molecule has 566 valence electrons. The van der Waals surface area contributed by atoms with E-state index in [0.29, 0.717) is 17.4 Å². The molecule has 0 aromatic heterocycles. The fourth-order valence-electron chi connectivity index (χ4n) is 11.4. The van der Waals surface area contributed by atoms with Crippen molar-refractivity contribution in [3.63, 3.8) is 0 Å². The molecule has 0 amide bonds. The van der Waals surface area contributed by atoms with Gasteiger partial charge in [-0.05, 0) is 122 Å². The van der Waals surface area contributed by atoms with Gasteiger partial charge in [0.2, 0.25) is 0 Å². The zero-order chi connectivity index (χ0) is 71.8. The molecule has 0 saturated heterocycles. The molecular formula is C90H153NO8. The minimum atomic E-state index is -1.63. The number of allylic oxidation sites excluding steroid dienone is 24. The molecule has 0 aromatic rings. The Kier molecular flexibility index (Phi) is 75.0. The number of hydrogen-bond acceptors (Lipinski definition) is 8. The zero-order valence-electron chi connectivity index (χ0n) is 64.8. The van der Waals surface area contributed by atoms with E-state index in [9.17, 15) is 19.5 Å². The lowest BCUT2D eigenvalue weighted by Gasteiger charge is -2.26. The van der Waals surface area contributed by atoms with Crippen LogP contribution in [-0.2, 0) is 33.3 Å². The molecule has 0 heterocycles. The van der Waals surface area contributed by atoms with E-state index in [-0.39, 0.29) is 38.6 Å². The second-order valence-electron chi connectivity index (χ2n) is 28.3. The van der Waals surface area contributed by atoms with E-state index >= 15 is 0 Å². The first-order valence-electron chi connectivity index (χ1n) is 41.0. The van der Waals surface area contributed by atoms with Gasteiger partial charge in [-0.3, -0.25) is 9.59 Å². The van der Waals surface area contributed by atoms with Crippen LogP contribution in [-0.4, -0.2) is 82.3 Å². The van der Waals surface area contributed by atoms with Gasteiger partial charge >= 0.3 is 11.9 Å². The Morgan fingerprint density at radius 1 is 0.313 bits per heavy atom. The van der Waals surface area contributed by atoms with Gasteiger partial charge in [0, 0.05) is 12.8 Å². The summed E-state index contributed by atoms with van der Waals surface area (Å²) in [6, 6.07) is 0. The summed E-state index contributed by atoms with van der Waals surface area (Å²) in [5.74, 6) is -2.28. The third-order valence-corrected chi connectivity index (χ3v) is 17.6. The lowest BCUT2D eigenvalue weighted by atomic mass is 10.0. The van der Waals surface area contributed by atoms with Gasteiger partial charge in [-0.1, -0.05) is 359 Å². The van der Waals surface area contributed by atoms with Gasteiger partial charge in [0.1, 0.15) is 13.2 Å². The van der Waals surface area contributed by atoms with E-state index in [1.807, 2.05) is 21.1 Å². The SMILES string of the molecule is CC/C=C\C/C=C\C/C=C\C/C=C\C/C=C\C/C=C\C/C=C\C/C=C\C/C=C\C/C=C\CCCCCCCCCCCCC(=O)OC(COC(=O)CCCCCCCCCCCCCCCCCCCCCCC/C=C\C/C=C\CCCCCCC)COC(OCC[N+](C)(C)C)C(=O)[O-]. The predicted molar refractivity (Wildman–Crippen MR) is 426 cm³/mol. The summed E-state index contributed by atoms with van der Waals surface area (Å²) in [5.41, 5.74) is 0. The zero-order valence-corrected chi connectivity index (χ0v) is 64.8. The molecule has 0 aliphatic rings. The standard InChI is InChI=1S/C90H153NO8/c1-6-8-10-12-14-16-18-20-22-24-26-28-30-32-34-36-38-40-41-42-43-44-45-46-47-49-51-53-55-57-59-61-63-65-67-69-71-73-75-77-79-81-88(93)99-86(85-98-90(89(94)95)96-83-82-91(3,4)5)84-97-87(92)80-78-76-74-72-70-68-66-64-62-60-58-56-54-52-50-48-39-37-35-33-31-29-27-25-23-21-19-17-15-13-11-9-7-2/h8,10,14,16,19-22,25-28,32,34,38,40,42-43,45-46,49,51,55,57,86,90H,6-7,9,11-13,15,17-18,23-24,29-31,33,35-37,39,41,44,47-48,50,52-54,56,58-85H2,1-5H3/b10-8-,16-14-,21-19-,22-20-,27-25-,28-26-,34-32-,40-38-,43-42-,46-45-,51-49-,57-55-. The van der Waals surface area contributed by atoms with Gasteiger partial charge in [0.15, 0.2) is 12.4 Å². The van der Waals surface area contributed by atoms with Gasteiger partial charge in [0.25, 0.3) is 0 Å². The first-order valence-corrected chi connectivity index (χ1v) is 41.0. The van der Waals surface area contributed by atoms with E-state index < -0.39 is 24.3 Å². The molecule has 0 rings (SSSR count). The number of nitrogens with zero attached hydrogens (tertiary/aromatic N) is 1. The Morgan fingerprint density at radius 3 is 0.859 bits per heavy atom. The normalized spacial score (nSPS) is 13.4. The molecule has 0 fully saturated rings. The number of carboxylic acid groups (broad SMARTS) is 1. The minimum Gasteiger partial charge on any atom is -0.545 e. The summed E-state index contributed by atoms with van der Waals surface area (Å²) >= 11 is 0. The number of esters is 2. The van der Waals surface area contributed by atoms with Gasteiger partial charge in [-0.15, -0.1) is 0 Å². The number of rotatable bonds is 75. The van der Waals surface area contributed by atoms with Crippen molar-refractivity contribution in [2.24, 2.45) is 0 Å². The Bertz CT molecular complexity index is 2150. The van der Waals surface area contributed by atoms with Crippen LogP contribution in [0.2, 0.25) is 0 Å². The van der Waals surface area contributed by atoms with Crippen molar-refractivity contribution in [1.29, 1.82) is 0 Å². The van der Waals surface area contributed by atoms with Crippen LogP contribution in [0.15, 0.2) is 146 Å². The molecule has 0 bridgehead atoms. The molecule has 99 heavy (non-hydrogen) atoms. The van der Waals surface area contributed by atoms with Gasteiger partial charge in [0.05, 0.1) is 40.3 Å². The molecule has 0 radical (unpaired) electrons. The molecule has 2 atom stereocenters. The maximum atomic E-state index is 13.0. The first kappa shape index (κ1) is 94.2. The molecule has 0 spiro atoms. The number of hydrogen-bond donors (Lipinski definition) is 0. The third-order valence-electron chi connectivity index (χ3n) is 17.6. The van der Waals surface area contributed by atoms with Crippen molar-refractivity contribution in [2.45, 2.75) is 360 Å². The van der Waals surface area contributed by atoms with E-state index in [1.165, 1.54) is 199 Å². The Balaban J connectivity index is 4.07. The number of aliphatic carboxylic acids is 1. The fourth-order valence-corrected chi connectivity index (χ4v) is 11.4. The number of unbranched alkanes of at least 4 members (excludes halogenated alkanes) is 36. The van der Waals surface area contributed by atoms with Crippen molar-refractivity contribution in [3.05, 3.63) is 146 Å². The monoisotopic (exact) mass is 1380 g/mol. The predicted octanol–water partition coefficient (Wildman–Crippen LogP) is 25.3. The number of carbonyl (C=O) groups excluding carboxylic acids is 3. The number of ether oxygens (including phenoxy) is 4. The maximum absolute atomic E-state index is 13.0. The molecule has 0 aliphatic heterocycles. The Hall–Kier alpha value is -4.83. The van der Waals surface area contributed by atoms with E-state index in [2.05, 4.69) is 160 Å². The van der Waals surface area contributed by atoms with Gasteiger partial charge in [-0.25, -0.2) is 0 Å². The molecule has 0 N–H and O–H groups in total. The summed E-state index contributed by atoms with van der Waals surface area (Å²) in [7, 11) is 5.94. The van der Waals surface area contributed by atoms with Crippen molar-refractivity contribution >= 4 is 17.9 Å². The second kappa shape index (κ2) is 78.9. The molecule has 0 aliphatic carbocycles. The van der Waals surface area contributed by atoms with Crippen molar-refractivity contribution in [1.82, 2.24) is 0 Å². The summed E-state index contributed by atoms with van der Waals surface area (Å²) in [5, 5.41) is 11.9. The molecule has 9 heteroatoms. The highest BCUT2D eigenvalue weighted by Crippen LogP contribution is 2.18. The quantitative estimate of drug-likeness (QED) is 0.0195. The van der Waals surface area contributed by atoms with Crippen LogP contribution in [0, 0.1) is 0 Å². The molecule has 0 aromatic carbocycles. The lowest BCUT2D eigenvalue weighted by Crippen LogP contribution is -2.44. The van der Waals surface area contributed by atoms with Gasteiger partial charge in [-0.2, -0.15) is 0 Å². The number of quaternary nitrogens is 1. The topological polar surface area (TPSA) is 111 Å². The largest absolute Gasteiger partial charge is 0.545 e. The maximum Gasteiger partial charge on any atom is 0.306 e. The number of carboxylic acids is 1. The highest BCUT2D eigenvalue weighted by molar-refractivity contribution is 5.70. The highest BCUT2D eigenvalue weighted by atomic mass is 16.7. The minimum absolute atomic E-state index is 0.142.